The molecular weight excluding hydrogens is 322 g/mol. The van der Waals surface area contributed by atoms with Gasteiger partial charge < -0.3 is 4.79 Å². The summed E-state index contributed by atoms with van der Waals surface area (Å²) in [6.45, 7) is 1.44. The van der Waals surface area contributed by atoms with Crippen LogP contribution < -0.4 is 0 Å². The van der Waals surface area contributed by atoms with Gasteiger partial charge in [0.25, 0.3) is 0 Å². The SMILES string of the molecule is CC=O.O=S(=O)(OS(=O)(=O)C(F)(F)F)C(F)(F)F. The van der Waals surface area contributed by atoms with Crippen molar-refractivity contribution in [2.75, 3.05) is 0 Å². The molecule has 0 aromatic rings. The maximum atomic E-state index is 11.4. The van der Waals surface area contributed by atoms with Crippen LogP contribution in [0, 0.1) is 0 Å². The summed E-state index contributed by atoms with van der Waals surface area (Å²) in [4.78, 5) is 8.81. The van der Waals surface area contributed by atoms with Gasteiger partial charge in [-0.15, -0.1) is 3.63 Å². The van der Waals surface area contributed by atoms with E-state index in [0.717, 1.165) is 6.29 Å². The number of carbonyl (C=O) groups excluding carboxylic acids is 1. The first-order valence-electron chi connectivity index (χ1n) is 3.36. The van der Waals surface area contributed by atoms with Crippen LogP contribution in [-0.4, -0.2) is 34.1 Å². The van der Waals surface area contributed by atoms with E-state index in [9.17, 15) is 43.2 Å². The van der Waals surface area contributed by atoms with Crippen molar-refractivity contribution >= 4 is 26.5 Å². The normalized spacial score (nSPS) is 13.5. The highest BCUT2D eigenvalue weighted by Crippen LogP contribution is 2.31. The molecule has 0 aliphatic heterocycles. The molecule has 0 aromatic carbocycles. The predicted octanol–water partition coefficient (Wildman–Crippen LogP) is 0.907. The van der Waals surface area contributed by atoms with Crippen molar-refractivity contribution in [2.45, 2.75) is 17.9 Å². The lowest BCUT2D eigenvalue weighted by molar-refractivity contribution is -0.106. The maximum absolute atomic E-state index is 11.4. The Morgan fingerprint density at radius 1 is 0.833 bits per heavy atom. The van der Waals surface area contributed by atoms with Crippen molar-refractivity contribution in [3.63, 3.8) is 0 Å². The second-order valence-corrected chi connectivity index (χ2v) is 5.39. The Morgan fingerprint density at radius 2 is 1.00 bits per heavy atom. The van der Waals surface area contributed by atoms with Crippen LogP contribution in [0.2, 0.25) is 0 Å². The van der Waals surface area contributed by atoms with E-state index in [1.54, 1.807) is 0 Å². The van der Waals surface area contributed by atoms with Gasteiger partial charge in [-0.2, -0.15) is 43.2 Å². The average molecular weight is 326 g/mol. The smallest absolute Gasteiger partial charge is 0.304 e. The molecule has 0 saturated heterocycles. The number of carbonyl (C=O) groups is 1. The van der Waals surface area contributed by atoms with Crippen molar-refractivity contribution in [3.05, 3.63) is 0 Å². The number of hydrogen-bond acceptors (Lipinski definition) is 6. The molecule has 0 N–H and O–H groups in total. The van der Waals surface area contributed by atoms with E-state index in [4.69, 9.17) is 4.79 Å². The molecule has 18 heavy (non-hydrogen) atoms. The highest BCUT2D eigenvalue weighted by Gasteiger charge is 2.57. The first-order chi connectivity index (χ1) is 7.62. The first-order valence-corrected chi connectivity index (χ1v) is 6.17. The van der Waals surface area contributed by atoms with Crippen molar-refractivity contribution in [1.29, 1.82) is 0 Å². The lowest BCUT2D eigenvalue weighted by atomic mass is 11.0. The molecule has 0 amide bonds. The zero-order valence-electron chi connectivity index (χ0n) is 8.11. The molecule has 0 spiro atoms. The molecule has 0 saturated carbocycles. The molecular formula is C4H4F6O6S2. The molecule has 0 radical (unpaired) electrons. The largest absolute Gasteiger partial charge is 0.524 e. The number of halogens is 6. The van der Waals surface area contributed by atoms with Crippen molar-refractivity contribution in [3.8, 4) is 0 Å². The van der Waals surface area contributed by atoms with Gasteiger partial charge in [0.1, 0.15) is 6.29 Å². The van der Waals surface area contributed by atoms with Crippen LogP contribution >= 0.6 is 0 Å². The molecule has 0 rings (SSSR count). The van der Waals surface area contributed by atoms with E-state index in [0.29, 0.717) is 0 Å². The van der Waals surface area contributed by atoms with Gasteiger partial charge in [-0.1, -0.05) is 0 Å². The summed E-state index contributed by atoms with van der Waals surface area (Å²) in [5.41, 5.74) is -12.5. The van der Waals surface area contributed by atoms with E-state index in [-0.39, 0.29) is 0 Å². The number of aldehydes is 1. The molecule has 0 aromatic heterocycles. The Labute approximate surface area is 96.8 Å². The third-order valence-corrected chi connectivity index (χ3v) is 3.31. The van der Waals surface area contributed by atoms with Crippen molar-refractivity contribution in [2.24, 2.45) is 0 Å². The molecule has 0 fully saturated rings. The zero-order chi connectivity index (χ0) is 15.4. The average Bonchev–Trinajstić information content (AvgIpc) is 1.98. The summed E-state index contributed by atoms with van der Waals surface area (Å²) in [6.07, 6.45) is 0.750. The Kier molecular flexibility index (Phi) is 6.30. The van der Waals surface area contributed by atoms with E-state index in [1.165, 1.54) is 6.92 Å². The van der Waals surface area contributed by atoms with E-state index < -0.39 is 31.3 Å². The van der Waals surface area contributed by atoms with Gasteiger partial charge in [0.05, 0.1) is 0 Å². The lowest BCUT2D eigenvalue weighted by Crippen LogP contribution is -2.34. The highest BCUT2D eigenvalue weighted by atomic mass is 32.3. The summed E-state index contributed by atoms with van der Waals surface area (Å²) in [5.74, 6) is 0. The van der Waals surface area contributed by atoms with Crippen LogP contribution in [0.5, 0.6) is 0 Å². The summed E-state index contributed by atoms with van der Waals surface area (Å²) < 4.78 is 110. The predicted molar refractivity (Wildman–Crippen MR) is 42.8 cm³/mol. The maximum Gasteiger partial charge on any atom is 0.524 e. The van der Waals surface area contributed by atoms with Crippen LogP contribution in [-0.2, 0) is 28.7 Å². The van der Waals surface area contributed by atoms with Gasteiger partial charge in [0, 0.05) is 0 Å². The molecule has 0 heterocycles. The quantitative estimate of drug-likeness (QED) is 0.425. The van der Waals surface area contributed by atoms with E-state index in [1.807, 2.05) is 3.63 Å². The fourth-order valence-corrected chi connectivity index (χ4v) is 1.76. The van der Waals surface area contributed by atoms with Crippen LogP contribution in [0.3, 0.4) is 0 Å². The van der Waals surface area contributed by atoms with Crippen LogP contribution in [0.1, 0.15) is 6.92 Å². The Balaban J connectivity index is 0. The standard InChI is InChI=1S/C2F6O5S2.C2H4O/c3-1(4,5)14(9,10)13-15(11,12)2(6,7)8;1-2-3/h;2H,1H3. The lowest BCUT2D eigenvalue weighted by Gasteiger charge is -2.09. The molecule has 6 nitrogen and oxygen atoms in total. The molecule has 0 aliphatic rings. The van der Waals surface area contributed by atoms with Crippen LogP contribution in [0.4, 0.5) is 26.3 Å². The third-order valence-electron chi connectivity index (χ3n) is 0.746. The summed E-state index contributed by atoms with van der Waals surface area (Å²) in [6, 6.07) is 0. The van der Waals surface area contributed by atoms with E-state index >= 15 is 0 Å². The van der Waals surface area contributed by atoms with Crippen LogP contribution in [0.25, 0.3) is 0 Å². The molecule has 0 aliphatic carbocycles. The first kappa shape index (κ1) is 19.4. The number of hydrogen-bond donors (Lipinski definition) is 0. The minimum absolute atomic E-state index is 0.750. The summed E-state index contributed by atoms with van der Waals surface area (Å²) in [7, 11) is -13.7. The van der Waals surface area contributed by atoms with Gasteiger partial charge in [-0.05, 0) is 6.92 Å². The van der Waals surface area contributed by atoms with E-state index in [2.05, 4.69) is 0 Å². The molecule has 0 bridgehead atoms. The number of rotatable bonds is 2. The fraction of sp³-hybridized carbons (Fsp3) is 0.750. The highest BCUT2D eigenvalue weighted by molar-refractivity contribution is 8.00. The summed E-state index contributed by atoms with van der Waals surface area (Å²) in [5, 5.41) is 0. The zero-order valence-corrected chi connectivity index (χ0v) is 9.74. The van der Waals surface area contributed by atoms with Crippen molar-refractivity contribution in [1.82, 2.24) is 0 Å². The Morgan fingerprint density at radius 3 is 1.11 bits per heavy atom. The molecule has 0 unspecified atom stereocenters. The van der Waals surface area contributed by atoms with Gasteiger partial charge in [0.2, 0.25) is 0 Å². The minimum Gasteiger partial charge on any atom is -0.304 e. The molecule has 0 atom stereocenters. The molecule has 14 heteroatoms. The number of alkyl halides is 6. The fourth-order valence-electron chi connectivity index (χ4n) is 0.195. The van der Waals surface area contributed by atoms with Gasteiger partial charge in [-0.25, -0.2) is 0 Å². The Bertz CT molecular complexity index is 427. The van der Waals surface area contributed by atoms with Crippen LogP contribution in [0.15, 0.2) is 0 Å². The van der Waals surface area contributed by atoms with Gasteiger partial charge in [-0.3, -0.25) is 0 Å². The monoisotopic (exact) mass is 326 g/mol. The third kappa shape index (κ3) is 5.63. The topological polar surface area (TPSA) is 94.6 Å². The van der Waals surface area contributed by atoms with Crippen molar-refractivity contribution < 1.29 is 51.6 Å². The van der Waals surface area contributed by atoms with Gasteiger partial charge in [0.15, 0.2) is 0 Å². The molecule has 110 valence electrons. The summed E-state index contributed by atoms with van der Waals surface area (Å²) >= 11 is 0. The minimum atomic E-state index is -6.85. The Hall–Kier alpha value is -0.890. The second kappa shape index (κ2) is 5.83. The van der Waals surface area contributed by atoms with Gasteiger partial charge >= 0.3 is 31.3 Å². The second-order valence-electron chi connectivity index (χ2n) is 2.10.